The van der Waals surface area contributed by atoms with E-state index in [1.807, 2.05) is 26.0 Å². The van der Waals surface area contributed by atoms with Crippen LogP contribution >= 0.6 is 0 Å². The molecule has 0 radical (unpaired) electrons. The Labute approximate surface area is 87.1 Å². The van der Waals surface area contributed by atoms with Crippen molar-refractivity contribution in [1.82, 2.24) is 0 Å². The largest absolute Gasteiger partial charge is 0.497 e. The molecule has 0 aliphatic heterocycles. The van der Waals surface area contributed by atoms with Crippen LogP contribution in [0.15, 0.2) is 24.3 Å². The van der Waals surface area contributed by atoms with Gasteiger partial charge in [-0.1, -0.05) is 32.9 Å². The zero-order chi connectivity index (χ0) is 11.0. The van der Waals surface area contributed by atoms with Gasteiger partial charge < -0.3 is 10.5 Å². The van der Waals surface area contributed by atoms with E-state index in [0.29, 0.717) is 6.04 Å². The smallest absolute Gasteiger partial charge is 0.118 e. The Balaban J connectivity index is 0.000000364. The lowest BCUT2D eigenvalue weighted by atomic mass is 10.2. The van der Waals surface area contributed by atoms with Crippen LogP contribution < -0.4 is 10.5 Å². The van der Waals surface area contributed by atoms with Gasteiger partial charge in [0.1, 0.15) is 5.75 Å². The topological polar surface area (TPSA) is 35.2 Å². The van der Waals surface area contributed by atoms with E-state index in [9.17, 15) is 0 Å². The van der Waals surface area contributed by atoms with E-state index in [4.69, 9.17) is 10.5 Å². The van der Waals surface area contributed by atoms with E-state index in [2.05, 4.69) is 19.1 Å². The lowest BCUT2D eigenvalue weighted by Crippen LogP contribution is -2.06. The fourth-order valence-electron chi connectivity index (χ4n) is 0.861. The lowest BCUT2D eigenvalue weighted by molar-refractivity contribution is 0.414. The highest BCUT2D eigenvalue weighted by Gasteiger charge is 1.89. The Morgan fingerprint density at radius 3 is 1.93 bits per heavy atom. The molecule has 2 heteroatoms. The number of aryl methyl sites for hydroxylation is 1. The number of hydrogen-bond acceptors (Lipinski definition) is 2. The Morgan fingerprint density at radius 1 is 1.21 bits per heavy atom. The highest BCUT2D eigenvalue weighted by Crippen LogP contribution is 2.10. The molecule has 0 heterocycles. The number of hydrogen-bond donors (Lipinski definition) is 1. The molecule has 0 spiro atoms. The minimum atomic E-state index is 0.333. The van der Waals surface area contributed by atoms with Crippen molar-refractivity contribution in [3.8, 4) is 5.75 Å². The zero-order valence-corrected chi connectivity index (χ0v) is 9.58. The van der Waals surface area contributed by atoms with Gasteiger partial charge in [0.15, 0.2) is 0 Å². The Morgan fingerprint density at radius 2 is 1.64 bits per heavy atom. The van der Waals surface area contributed by atoms with Gasteiger partial charge in [-0.3, -0.25) is 0 Å². The van der Waals surface area contributed by atoms with Crippen molar-refractivity contribution in [2.24, 2.45) is 5.73 Å². The van der Waals surface area contributed by atoms with Gasteiger partial charge in [0.05, 0.1) is 7.11 Å². The predicted octanol–water partition coefficient (Wildman–Crippen LogP) is 2.61. The van der Waals surface area contributed by atoms with Crippen LogP contribution in [0, 0.1) is 0 Å². The minimum absolute atomic E-state index is 0.333. The van der Waals surface area contributed by atoms with Crippen LogP contribution in [-0.4, -0.2) is 13.2 Å². The highest BCUT2D eigenvalue weighted by molar-refractivity contribution is 5.26. The van der Waals surface area contributed by atoms with Crippen LogP contribution in [0.1, 0.15) is 26.3 Å². The first-order valence-corrected chi connectivity index (χ1v) is 4.98. The maximum atomic E-state index is 5.11. The van der Waals surface area contributed by atoms with Gasteiger partial charge in [-0.2, -0.15) is 0 Å². The van der Waals surface area contributed by atoms with E-state index in [1.165, 1.54) is 5.56 Å². The zero-order valence-electron chi connectivity index (χ0n) is 9.58. The van der Waals surface area contributed by atoms with Crippen LogP contribution in [0.2, 0.25) is 0 Å². The summed E-state index contributed by atoms with van der Waals surface area (Å²) in [6.45, 7) is 6.03. The minimum Gasteiger partial charge on any atom is -0.497 e. The molecular weight excluding hydrogens is 174 g/mol. The molecule has 2 N–H and O–H groups in total. The fourth-order valence-corrected chi connectivity index (χ4v) is 0.861. The van der Waals surface area contributed by atoms with Gasteiger partial charge in [0.2, 0.25) is 0 Å². The van der Waals surface area contributed by atoms with Gasteiger partial charge in [0, 0.05) is 0 Å². The quantitative estimate of drug-likeness (QED) is 0.787. The molecule has 0 aromatic heterocycles. The van der Waals surface area contributed by atoms with Gasteiger partial charge in [-0.05, 0) is 30.2 Å². The molecule has 0 unspecified atom stereocenters. The Hall–Kier alpha value is -1.02. The van der Waals surface area contributed by atoms with E-state index >= 15 is 0 Å². The van der Waals surface area contributed by atoms with E-state index in [0.717, 1.165) is 12.2 Å². The average Bonchev–Trinajstić information content (AvgIpc) is 2.17. The standard InChI is InChI=1S/C9H12O.C3H9N/c1-3-8-4-6-9(10-2)7-5-8;1-3(2)4/h4-7H,3H2,1-2H3;3H,4H2,1-2H3. The van der Waals surface area contributed by atoms with Crippen molar-refractivity contribution in [2.75, 3.05) is 7.11 Å². The fraction of sp³-hybridized carbons (Fsp3) is 0.500. The molecular formula is C12H21NO. The molecule has 0 saturated heterocycles. The molecule has 80 valence electrons. The summed E-state index contributed by atoms with van der Waals surface area (Å²) in [6.07, 6.45) is 1.09. The summed E-state index contributed by atoms with van der Waals surface area (Å²) in [4.78, 5) is 0. The van der Waals surface area contributed by atoms with Crippen LogP contribution in [0.3, 0.4) is 0 Å². The molecule has 1 rings (SSSR count). The second kappa shape index (κ2) is 7.39. The van der Waals surface area contributed by atoms with Crippen molar-refractivity contribution in [2.45, 2.75) is 33.2 Å². The molecule has 1 aromatic carbocycles. The summed E-state index contributed by atoms with van der Waals surface area (Å²) in [6, 6.07) is 8.47. The SMILES string of the molecule is CC(C)N.CCc1ccc(OC)cc1. The Bertz CT molecular complexity index is 203. The van der Waals surface area contributed by atoms with Gasteiger partial charge in [0.25, 0.3) is 0 Å². The molecule has 0 saturated carbocycles. The van der Waals surface area contributed by atoms with E-state index < -0.39 is 0 Å². The second-order valence-electron chi connectivity index (χ2n) is 3.45. The molecule has 0 amide bonds. The lowest BCUT2D eigenvalue weighted by Gasteiger charge is -1.99. The molecule has 0 atom stereocenters. The molecule has 0 bridgehead atoms. The number of ether oxygens (including phenoxy) is 1. The van der Waals surface area contributed by atoms with Gasteiger partial charge >= 0.3 is 0 Å². The van der Waals surface area contributed by atoms with E-state index in [-0.39, 0.29) is 0 Å². The van der Waals surface area contributed by atoms with Crippen LogP contribution in [-0.2, 0) is 6.42 Å². The highest BCUT2D eigenvalue weighted by atomic mass is 16.5. The summed E-state index contributed by atoms with van der Waals surface area (Å²) < 4.78 is 5.01. The first-order valence-electron chi connectivity index (χ1n) is 4.98. The Kier molecular flexibility index (Phi) is 6.85. The predicted molar refractivity (Wildman–Crippen MR) is 61.7 cm³/mol. The molecule has 1 aromatic rings. The van der Waals surface area contributed by atoms with Gasteiger partial charge in [-0.25, -0.2) is 0 Å². The van der Waals surface area contributed by atoms with Crippen molar-refractivity contribution in [3.63, 3.8) is 0 Å². The number of rotatable bonds is 2. The molecule has 2 nitrogen and oxygen atoms in total. The third-order valence-electron chi connectivity index (χ3n) is 1.57. The maximum absolute atomic E-state index is 5.11. The summed E-state index contributed by atoms with van der Waals surface area (Å²) >= 11 is 0. The maximum Gasteiger partial charge on any atom is 0.118 e. The van der Waals surface area contributed by atoms with Crippen LogP contribution in [0.25, 0.3) is 0 Å². The van der Waals surface area contributed by atoms with E-state index in [1.54, 1.807) is 7.11 Å². The monoisotopic (exact) mass is 195 g/mol. The third-order valence-corrected chi connectivity index (χ3v) is 1.57. The van der Waals surface area contributed by atoms with Crippen molar-refractivity contribution in [1.29, 1.82) is 0 Å². The molecule has 14 heavy (non-hydrogen) atoms. The number of benzene rings is 1. The van der Waals surface area contributed by atoms with Gasteiger partial charge in [-0.15, -0.1) is 0 Å². The average molecular weight is 195 g/mol. The third kappa shape index (κ3) is 6.49. The van der Waals surface area contributed by atoms with Crippen LogP contribution in [0.4, 0.5) is 0 Å². The molecule has 0 aliphatic rings. The first kappa shape index (κ1) is 13.0. The van der Waals surface area contributed by atoms with Crippen LogP contribution in [0.5, 0.6) is 5.75 Å². The number of methoxy groups -OCH3 is 1. The second-order valence-corrected chi connectivity index (χ2v) is 3.45. The molecule has 0 fully saturated rings. The van der Waals surface area contributed by atoms with Crippen molar-refractivity contribution in [3.05, 3.63) is 29.8 Å². The first-order chi connectivity index (χ1) is 6.60. The summed E-state index contributed by atoms with van der Waals surface area (Å²) in [7, 11) is 1.68. The van der Waals surface area contributed by atoms with Crippen molar-refractivity contribution < 1.29 is 4.74 Å². The summed E-state index contributed by atoms with van der Waals surface area (Å²) in [5, 5.41) is 0. The normalized spacial score (nSPS) is 9.29. The van der Waals surface area contributed by atoms with Crippen molar-refractivity contribution >= 4 is 0 Å². The number of nitrogens with two attached hydrogens (primary N) is 1. The molecule has 0 aliphatic carbocycles. The summed E-state index contributed by atoms with van der Waals surface area (Å²) in [5.74, 6) is 0.928. The summed E-state index contributed by atoms with van der Waals surface area (Å²) in [5.41, 5.74) is 6.46.